The van der Waals surface area contributed by atoms with Crippen molar-refractivity contribution in [1.29, 1.82) is 0 Å². The smallest absolute Gasteiger partial charge is 0.309 e. The third-order valence-corrected chi connectivity index (χ3v) is 13.7. The van der Waals surface area contributed by atoms with Gasteiger partial charge in [-0.2, -0.15) is 47.0 Å². The van der Waals surface area contributed by atoms with Crippen molar-refractivity contribution < 1.29 is 76.2 Å². The first kappa shape index (κ1) is 68.5. The molecule has 23 heteroatoms. The maximum atomic E-state index is 12.6. The molecule has 0 amide bonds. The van der Waals surface area contributed by atoms with Crippen molar-refractivity contribution in [2.24, 2.45) is 23.7 Å². The molecule has 414 valence electrons. The molecule has 0 aliphatic carbocycles. The van der Waals surface area contributed by atoms with Crippen molar-refractivity contribution in [2.45, 2.75) is 66.2 Å². The van der Waals surface area contributed by atoms with Crippen LogP contribution in [0.5, 0.6) is 0 Å². The summed E-state index contributed by atoms with van der Waals surface area (Å²) < 4.78 is 48.0. The van der Waals surface area contributed by atoms with E-state index in [1.54, 1.807) is 67.8 Å². The summed E-state index contributed by atoms with van der Waals surface area (Å²) in [5, 5.41) is 0. The molecule has 0 N–H and O–H groups in total. The minimum Gasteiger partial charge on any atom is -0.463 e. The van der Waals surface area contributed by atoms with Crippen molar-refractivity contribution >= 4 is 88.8 Å². The van der Waals surface area contributed by atoms with E-state index in [9.17, 15) is 33.6 Å². The zero-order chi connectivity index (χ0) is 53.1. The summed E-state index contributed by atoms with van der Waals surface area (Å²) >= 11 is 6.25. The van der Waals surface area contributed by atoms with Crippen LogP contribution in [0.2, 0.25) is 0 Å². The Balaban J connectivity index is 5.18. The lowest BCUT2D eigenvalue weighted by Gasteiger charge is -2.25. The maximum absolute atomic E-state index is 12.6. The largest absolute Gasteiger partial charge is 0.463 e. The van der Waals surface area contributed by atoms with Crippen LogP contribution in [0.4, 0.5) is 0 Å². The summed E-state index contributed by atoms with van der Waals surface area (Å²) in [6.07, 6.45) is 10.2. The molecule has 0 radical (unpaired) electrons. The monoisotopic (exact) mass is 1090 g/mol. The first-order valence-electron chi connectivity index (χ1n) is 24.5. The molecule has 0 saturated carbocycles. The van der Waals surface area contributed by atoms with Gasteiger partial charge in [-0.3, -0.25) is 33.6 Å². The first-order chi connectivity index (χ1) is 34.1. The zero-order valence-corrected chi connectivity index (χ0v) is 47.4. The number of hydrogen-bond acceptors (Lipinski definition) is 23. The third-order valence-electron chi connectivity index (χ3n) is 10.4. The molecule has 0 aromatic carbocycles. The highest BCUT2D eigenvalue weighted by Crippen LogP contribution is 2.10. The first-order valence-corrected chi connectivity index (χ1v) is 30.0. The van der Waals surface area contributed by atoms with Gasteiger partial charge >= 0.3 is 41.8 Å². The molecule has 0 aromatic heterocycles. The second kappa shape index (κ2) is 46.1. The number of carbonyl (C=O) groups excluding carboxylic acids is 7. The number of thioether (sulfide) groups is 4. The molecule has 0 bridgehead atoms. The van der Waals surface area contributed by atoms with E-state index in [1.807, 2.05) is 43.9 Å². The molecule has 0 aliphatic heterocycles. The van der Waals surface area contributed by atoms with Gasteiger partial charge < -0.3 is 57.3 Å². The normalized spacial score (nSPS) is 13.1. The highest BCUT2D eigenvalue weighted by molar-refractivity contribution is 7.99. The Hall–Kier alpha value is -2.51. The zero-order valence-electron chi connectivity index (χ0n) is 44.1. The fourth-order valence-electron chi connectivity index (χ4n) is 6.38. The van der Waals surface area contributed by atoms with Crippen molar-refractivity contribution in [1.82, 2.24) is 14.7 Å². The highest BCUT2D eigenvalue weighted by atomic mass is 32.2. The summed E-state index contributed by atoms with van der Waals surface area (Å²) in [4.78, 5) is 92.5. The van der Waals surface area contributed by atoms with Crippen LogP contribution < -0.4 is 0 Å². The van der Waals surface area contributed by atoms with Gasteiger partial charge in [0, 0.05) is 49.2 Å². The van der Waals surface area contributed by atoms with E-state index in [0.717, 1.165) is 25.9 Å². The summed E-state index contributed by atoms with van der Waals surface area (Å²) in [6, 6.07) is 0. The van der Waals surface area contributed by atoms with Crippen LogP contribution in [0.25, 0.3) is 0 Å². The van der Waals surface area contributed by atoms with Crippen molar-refractivity contribution in [3.63, 3.8) is 0 Å². The Kier molecular flexibility index (Phi) is 44.4. The van der Waals surface area contributed by atoms with E-state index in [0.29, 0.717) is 75.3 Å². The van der Waals surface area contributed by atoms with Gasteiger partial charge in [-0.25, -0.2) is 0 Å². The number of esters is 7. The van der Waals surface area contributed by atoms with Crippen molar-refractivity contribution in [3.8, 4) is 0 Å². The second-order valence-electron chi connectivity index (χ2n) is 17.0. The molecule has 0 heterocycles. The lowest BCUT2D eigenvalue weighted by molar-refractivity contribution is -0.154. The molecule has 0 rings (SSSR count). The topological polar surface area (TPSA) is 212 Å². The van der Waals surface area contributed by atoms with Gasteiger partial charge in [0.05, 0.1) is 56.1 Å². The van der Waals surface area contributed by atoms with E-state index in [4.69, 9.17) is 42.6 Å². The minimum absolute atomic E-state index is 0.00550. The molecule has 0 fully saturated rings. The number of carbonyl (C=O) groups is 7. The van der Waals surface area contributed by atoms with Crippen LogP contribution in [-0.2, 0) is 76.2 Å². The fraction of sp³-hybridized carbons (Fsp3) is 0.854. The number of hydrogen-bond donors (Lipinski definition) is 0. The summed E-state index contributed by atoms with van der Waals surface area (Å²) in [6.45, 7) is 12.6. The SMILES string of the molecule is CSCC(C)C(=O)OCCOCOCCCN(CCCN(C)CCCN(CCC(=O)OCCOC(=O)C(C)CSC)CCC(=O)OCCOC(=O)C(C)CSC)CCC(=O)OCCOC(=O)C(C)CSC. The summed E-state index contributed by atoms with van der Waals surface area (Å²) in [7, 11) is 2.03. The summed E-state index contributed by atoms with van der Waals surface area (Å²) in [5.74, 6) is -0.797. The second-order valence-corrected chi connectivity index (χ2v) is 20.6. The predicted octanol–water partition coefficient (Wildman–Crippen LogP) is 4.65. The average Bonchev–Trinajstić information content (AvgIpc) is 3.34. The van der Waals surface area contributed by atoms with Crippen LogP contribution in [0.15, 0.2) is 0 Å². The Morgan fingerprint density at radius 1 is 0.366 bits per heavy atom. The molecule has 0 saturated heterocycles. The lowest BCUT2D eigenvalue weighted by Crippen LogP contribution is -2.34. The van der Waals surface area contributed by atoms with Gasteiger partial charge in [-0.1, -0.05) is 27.7 Å². The van der Waals surface area contributed by atoms with E-state index in [2.05, 4.69) is 9.80 Å². The van der Waals surface area contributed by atoms with Gasteiger partial charge in [-0.05, 0) is 77.5 Å². The molecule has 71 heavy (non-hydrogen) atoms. The molecule has 0 aliphatic rings. The van der Waals surface area contributed by atoms with Crippen molar-refractivity contribution in [2.75, 3.05) is 174 Å². The van der Waals surface area contributed by atoms with Crippen molar-refractivity contribution in [3.05, 3.63) is 0 Å². The maximum Gasteiger partial charge on any atom is 0.309 e. The minimum atomic E-state index is -0.443. The van der Waals surface area contributed by atoms with E-state index in [-0.39, 0.29) is 132 Å². The number of ether oxygens (including phenoxy) is 9. The van der Waals surface area contributed by atoms with Gasteiger partial charge in [-0.15, -0.1) is 0 Å². The van der Waals surface area contributed by atoms with Gasteiger partial charge in [0.1, 0.15) is 53.0 Å². The van der Waals surface area contributed by atoms with Gasteiger partial charge in [0.2, 0.25) is 0 Å². The Morgan fingerprint density at radius 2 is 0.648 bits per heavy atom. The molecule has 19 nitrogen and oxygen atoms in total. The predicted molar refractivity (Wildman–Crippen MR) is 282 cm³/mol. The quantitative estimate of drug-likeness (QED) is 0.0351. The van der Waals surface area contributed by atoms with Crippen LogP contribution >= 0.6 is 47.0 Å². The molecule has 4 atom stereocenters. The van der Waals surface area contributed by atoms with Crippen LogP contribution in [0.3, 0.4) is 0 Å². The third kappa shape index (κ3) is 39.6. The number of rotatable bonds is 47. The highest BCUT2D eigenvalue weighted by Gasteiger charge is 2.19. The van der Waals surface area contributed by atoms with Gasteiger partial charge in [0.15, 0.2) is 0 Å². The Bertz CT molecular complexity index is 1410. The van der Waals surface area contributed by atoms with E-state index >= 15 is 0 Å². The fourth-order valence-corrected chi connectivity index (χ4v) is 8.92. The van der Waals surface area contributed by atoms with Crippen LogP contribution in [0, 0.1) is 23.7 Å². The standard InChI is InChI=1S/C48H87N3O16S4/c1-38(33-68-6)45(55)64-26-25-60-37-59-24-12-20-50(21-13-42(52)61-27-30-65-46(56)39(2)34-69-7)18-10-16-49(5)17-11-19-51(22-14-43(53)62-28-31-66-47(57)40(3)35-70-8)23-15-44(54)63-29-32-67-48(58)41(4)36-71-9/h38-41H,10-37H2,1-9H3. The molecule has 4 unspecified atom stereocenters. The van der Waals surface area contributed by atoms with Gasteiger partial charge in [0.25, 0.3) is 0 Å². The summed E-state index contributed by atoms with van der Waals surface area (Å²) in [5.41, 5.74) is 0. The van der Waals surface area contributed by atoms with E-state index in [1.165, 1.54) is 0 Å². The molecule has 0 spiro atoms. The molecular formula is C48H87N3O16S4. The van der Waals surface area contributed by atoms with Crippen LogP contribution in [0.1, 0.15) is 66.2 Å². The lowest BCUT2D eigenvalue weighted by atomic mass is 10.2. The Morgan fingerprint density at radius 3 is 0.986 bits per heavy atom. The average molecular weight is 1090 g/mol. The molecule has 0 aromatic rings. The van der Waals surface area contributed by atoms with Crippen LogP contribution in [-0.4, -0.2) is 230 Å². The number of nitrogens with zero attached hydrogens (tertiary/aromatic N) is 3. The Labute approximate surface area is 441 Å². The van der Waals surface area contributed by atoms with E-state index < -0.39 is 11.9 Å². The molecular weight excluding hydrogens is 1000 g/mol.